The van der Waals surface area contributed by atoms with Crippen LogP contribution >= 0.6 is 7.26 Å². The van der Waals surface area contributed by atoms with E-state index in [2.05, 4.69) is 20.0 Å². The van der Waals surface area contributed by atoms with E-state index in [-0.39, 0.29) is 5.85 Å². The molecule has 1 unspecified atom stereocenters. The minimum atomic E-state index is -1.04. The molecule has 0 saturated heterocycles. The van der Waals surface area contributed by atoms with Crippen LogP contribution in [0, 0.1) is 0 Å². The molecule has 0 bridgehead atoms. The number of rotatable bonds is 1. The third-order valence-corrected chi connectivity index (χ3v) is 3.27. The second kappa shape index (κ2) is 5.82. The average Bonchev–Trinajstić information content (AvgIpc) is 1.64. The lowest BCUT2D eigenvalue weighted by molar-refractivity contribution is -0.383. The molecule has 0 amide bonds. The lowest BCUT2D eigenvalue weighted by atomic mass is 10.9. The van der Waals surface area contributed by atoms with E-state index in [1.807, 2.05) is 0 Å². The molecule has 3 heteroatoms. The van der Waals surface area contributed by atoms with Gasteiger partial charge in [-0.1, -0.05) is 0 Å². The number of aldehydes is 1. The molecule has 0 aromatic carbocycles. The molecular formula is C7H17O2P. The fourth-order valence-electron chi connectivity index (χ4n) is 0. The highest BCUT2D eigenvalue weighted by Gasteiger charge is 2.15. The van der Waals surface area contributed by atoms with Gasteiger partial charge in [-0.15, -0.1) is 0 Å². The topological polar surface area (TPSA) is 40.1 Å². The molecule has 0 heterocycles. The van der Waals surface area contributed by atoms with Gasteiger partial charge in [0.15, 0.2) is 0 Å². The Labute approximate surface area is 64.0 Å². The van der Waals surface area contributed by atoms with Gasteiger partial charge in [0.1, 0.15) is 6.29 Å². The van der Waals surface area contributed by atoms with Gasteiger partial charge in [0, 0.05) is 20.0 Å². The lowest BCUT2D eigenvalue weighted by Crippen LogP contribution is -2.22. The van der Waals surface area contributed by atoms with E-state index in [9.17, 15) is 5.11 Å². The predicted molar refractivity (Wildman–Crippen MR) is 45.9 cm³/mol. The number of carbonyl (C=O) groups excluding carboxylic acids is 1. The molecule has 62 valence electrons. The minimum absolute atomic E-state index is 0.340. The third kappa shape index (κ3) is 10.9. The molecule has 1 atom stereocenters. The lowest BCUT2D eigenvalue weighted by Gasteiger charge is -2.24. The molecule has 0 aromatic heterocycles. The average molecular weight is 164 g/mol. The van der Waals surface area contributed by atoms with Crippen molar-refractivity contribution in [1.29, 1.82) is 0 Å². The summed E-state index contributed by atoms with van der Waals surface area (Å²) in [5.74, 6) is -0.340. The highest BCUT2D eigenvalue weighted by Crippen LogP contribution is 2.48. The van der Waals surface area contributed by atoms with Crippen LogP contribution in [0.4, 0.5) is 0 Å². The Kier molecular flexibility index (Phi) is 7.39. The van der Waals surface area contributed by atoms with Crippen LogP contribution in [-0.4, -0.2) is 32.1 Å². The van der Waals surface area contributed by atoms with Crippen molar-refractivity contribution in [2.45, 2.75) is 19.7 Å². The first-order chi connectivity index (χ1) is 4.36. The highest BCUT2D eigenvalue weighted by atomic mass is 31.2. The second-order valence-corrected chi connectivity index (χ2v) is 7.91. The summed E-state index contributed by atoms with van der Waals surface area (Å²) < 4.78 is 0. The molecule has 0 radical (unpaired) electrons. The fraction of sp³-hybridized carbons (Fsp3) is 0.857. The normalized spacial score (nSPS) is 13.0. The van der Waals surface area contributed by atoms with Gasteiger partial charge in [-0.2, -0.15) is 0 Å². The first kappa shape index (κ1) is 12.7. The summed E-state index contributed by atoms with van der Waals surface area (Å²) in [6.45, 7) is 9.37. The van der Waals surface area contributed by atoms with Gasteiger partial charge in [-0.3, -0.25) is 0 Å². The monoisotopic (exact) mass is 164 g/mol. The summed E-state index contributed by atoms with van der Waals surface area (Å²) in [6.07, 6.45) is 0.750. The van der Waals surface area contributed by atoms with Gasteiger partial charge >= 0.3 is 0 Å². The molecule has 0 aliphatic heterocycles. The minimum Gasteiger partial charge on any atom is -0.821 e. The van der Waals surface area contributed by atoms with Crippen LogP contribution < -0.4 is 5.11 Å². The van der Waals surface area contributed by atoms with E-state index >= 15 is 0 Å². The number of hydrogen-bond donors (Lipinski definition) is 0. The summed E-state index contributed by atoms with van der Waals surface area (Å²) in [7, 11) is -1.04. The van der Waals surface area contributed by atoms with Crippen molar-refractivity contribution in [3.05, 3.63) is 0 Å². The third-order valence-electron chi connectivity index (χ3n) is 1.09. The maximum absolute atomic E-state index is 10.6. The van der Waals surface area contributed by atoms with Gasteiger partial charge in [0.25, 0.3) is 0 Å². The molecule has 2 nitrogen and oxygen atoms in total. The van der Waals surface area contributed by atoms with Crippen molar-refractivity contribution in [2.75, 3.05) is 20.0 Å². The maximum Gasteiger partial charge on any atom is 0.116 e. The van der Waals surface area contributed by atoms with Crippen molar-refractivity contribution < 1.29 is 9.90 Å². The highest BCUT2D eigenvalue weighted by molar-refractivity contribution is 7.74. The molecule has 0 aliphatic carbocycles. The number of hydrogen-bond acceptors (Lipinski definition) is 2. The van der Waals surface area contributed by atoms with Crippen LogP contribution in [0.5, 0.6) is 0 Å². The smallest absolute Gasteiger partial charge is 0.116 e. The van der Waals surface area contributed by atoms with Crippen LogP contribution in [0.25, 0.3) is 0 Å². The molecule has 0 aromatic rings. The predicted octanol–water partition coefficient (Wildman–Crippen LogP) is 0.805. The summed E-state index contributed by atoms with van der Waals surface area (Å²) in [5, 5.41) is 10.6. The van der Waals surface area contributed by atoms with E-state index in [4.69, 9.17) is 4.79 Å². The van der Waals surface area contributed by atoms with Gasteiger partial charge in [0.05, 0.1) is 0 Å². The molecule has 10 heavy (non-hydrogen) atoms. The van der Waals surface area contributed by atoms with Gasteiger partial charge < -0.3 is 9.90 Å². The quantitative estimate of drug-likeness (QED) is 0.425. The van der Waals surface area contributed by atoms with E-state index in [0.717, 1.165) is 6.29 Å². The Hall–Kier alpha value is 0.0600. The Morgan fingerprint density at radius 2 is 1.50 bits per heavy atom. The summed E-state index contributed by atoms with van der Waals surface area (Å²) in [4.78, 5) is 8.81. The van der Waals surface area contributed by atoms with Crippen LogP contribution in [0.15, 0.2) is 0 Å². The second-order valence-electron chi connectivity index (χ2n) is 2.95. The Balaban J connectivity index is 0. The molecule has 0 fully saturated rings. The summed E-state index contributed by atoms with van der Waals surface area (Å²) in [5.41, 5.74) is 0. The molecule has 0 N–H and O–H groups in total. The van der Waals surface area contributed by atoms with Gasteiger partial charge in [0.2, 0.25) is 0 Å². The van der Waals surface area contributed by atoms with Crippen molar-refractivity contribution in [3.8, 4) is 0 Å². The first-order valence-corrected chi connectivity index (χ1v) is 6.43. The van der Waals surface area contributed by atoms with E-state index in [0.29, 0.717) is 0 Å². The summed E-state index contributed by atoms with van der Waals surface area (Å²) in [6, 6.07) is 0. The van der Waals surface area contributed by atoms with Crippen molar-refractivity contribution in [3.63, 3.8) is 0 Å². The molecule has 0 spiro atoms. The zero-order valence-electron chi connectivity index (χ0n) is 7.42. The standard InChI is InChI=1S/C5H13OP.C2H4O/c1-5(6)7(2,3)4;1-2-3/h5H,1-4H3;2H,1H3. The molecule has 0 rings (SSSR count). The van der Waals surface area contributed by atoms with Crippen molar-refractivity contribution >= 4 is 13.5 Å². The summed E-state index contributed by atoms with van der Waals surface area (Å²) >= 11 is 0. The van der Waals surface area contributed by atoms with Crippen LogP contribution in [0.1, 0.15) is 13.8 Å². The van der Waals surface area contributed by atoms with E-state index in [1.54, 1.807) is 6.92 Å². The Bertz CT molecular complexity index is 84.1. The van der Waals surface area contributed by atoms with Gasteiger partial charge in [-0.05, 0) is 27.0 Å². The first-order valence-electron chi connectivity index (χ1n) is 3.23. The van der Waals surface area contributed by atoms with Crippen molar-refractivity contribution in [2.24, 2.45) is 0 Å². The van der Waals surface area contributed by atoms with Crippen molar-refractivity contribution in [1.82, 2.24) is 0 Å². The van der Waals surface area contributed by atoms with Gasteiger partial charge in [-0.25, -0.2) is 0 Å². The Morgan fingerprint density at radius 1 is 1.40 bits per heavy atom. The van der Waals surface area contributed by atoms with Crippen LogP contribution in [0.2, 0.25) is 0 Å². The zero-order valence-corrected chi connectivity index (χ0v) is 8.31. The zero-order chi connectivity index (χ0) is 8.78. The maximum atomic E-state index is 10.6. The molecule has 0 aliphatic rings. The molecular weight excluding hydrogens is 147 g/mol. The fourth-order valence-corrected chi connectivity index (χ4v) is 0. The van der Waals surface area contributed by atoms with Crippen LogP contribution in [-0.2, 0) is 4.79 Å². The van der Waals surface area contributed by atoms with E-state index < -0.39 is 7.26 Å². The van der Waals surface area contributed by atoms with E-state index in [1.165, 1.54) is 6.92 Å². The SMILES string of the molecule is CC([O-])[P+](C)(C)C.CC=O. The largest absolute Gasteiger partial charge is 0.821 e. The van der Waals surface area contributed by atoms with Crippen LogP contribution in [0.3, 0.4) is 0 Å². The Morgan fingerprint density at radius 3 is 1.50 bits per heavy atom. The number of carbonyl (C=O) groups is 1. The molecule has 0 saturated carbocycles.